The quantitative estimate of drug-likeness (QED) is 0.683. The van der Waals surface area contributed by atoms with Gasteiger partial charge in [-0.3, -0.25) is 4.79 Å². The molecule has 3 heteroatoms. The minimum absolute atomic E-state index is 0.0718. The third-order valence-electron chi connectivity index (χ3n) is 2.01. The zero-order valence-corrected chi connectivity index (χ0v) is 9.51. The predicted octanol–water partition coefficient (Wildman–Crippen LogP) is 2.41. The first-order chi connectivity index (χ1) is 6.29. The molecular formula is C11H18O3. The van der Waals surface area contributed by atoms with E-state index in [1.807, 2.05) is 27.7 Å². The number of carbonyl (C=O) groups is 1. The highest BCUT2D eigenvalue weighted by Crippen LogP contribution is 2.28. The van der Waals surface area contributed by atoms with Crippen molar-refractivity contribution < 1.29 is 14.3 Å². The molecule has 0 aromatic heterocycles. The summed E-state index contributed by atoms with van der Waals surface area (Å²) in [6.07, 6.45) is 0.271. The van der Waals surface area contributed by atoms with Crippen molar-refractivity contribution in [2.24, 2.45) is 0 Å². The second kappa shape index (κ2) is 3.73. The fourth-order valence-electron chi connectivity index (χ4n) is 1.47. The number of ether oxygens (including phenoxy) is 2. The summed E-state index contributed by atoms with van der Waals surface area (Å²) in [4.78, 5) is 11.2. The molecule has 0 radical (unpaired) electrons. The van der Waals surface area contributed by atoms with Gasteiger partial charge >= 0.3 is 0 Å². The summed E-state index contributed by atoms with van der Waals surface area (Å²) in [5.41, 5.74) is 0.510. The molecule has 0 aromatic carbocycles. The van der Waals surface area contributed by atoms with E-state index < -0.39 is 0 Å². The van der Waals surface area contributed by atoms with Crippen molar-refractivity contribution in [2.45, 2.75) is 52.9 Å². The smallest absolute Gasteiger partial charge is 0.204 e. The summed E-state index contributed by atoms with van der Waals surface area (Å²) in [7, 11) is 0. The maximum absolute atomic E-state index is 11.2. The Labute approximate surface area is 85.1 Å². The summed E-state index contributed by atoms with van der Waals surface area (Å²) in [6, 6.07) is 0. The highest BCUT2D eigenvalue weighted by Gasteiger charge is 2.29. The molecule has 0 saturated carbocycles. The molecule has 1 aliphatic rings. The molecule has 0 N–H and O–H groups in total. The number of ketones is 1. The van der Waals surface area contributed by atoms with Crippen molar-refractivity contribution in [3.05, 3.63) is 11.3 Å². The Morgan fingerprint density at radius 1 is 1.50 bits per heavy atom. The van der Waals surface area contributed by atoms with Crippen molar-refractivity contribution >= 4 is 5.78 Å². The van der Waals surface area contributed by atoms with Crippen LogP contribution in [0.25, 0.3) is 0 Å². The van der Waals surface area contributed by atoms with Gasteiger partial charge < -0.3 is 9.47 Å². The number of Topliss-reactive ketones (excluding diaryl/α,β-unsaturated/α-hetero) is 1. The van der Waals surface area contributed by atoms with E-state index in [0.717, 1.165) is 5.57 Å². The molecule has 0 saturated heterocycles. The topological polar surface area (TPSA) is 35.5 Å². The second-order valence-corrected chi connectivity index (χ2v) is 4.57. The fraction of sp³-hybridized carbons (Fsp3) is 0.727. The lowest BCUT2D eigenvalue weighted by atomic mass is 10.1. The fourth-order valence-corrected chi connectivity index (χ4v) is 1.47. The molecule has 0 fully saturated rings. The van der Waals surface area contributed by atoms with Crippen LogP contribution in [0.2, 0.25) is 0 Å². The van der Waals surface area contributed by atoms with Crippen LogP contribution < -0.4 is 0 Å². The van der Waals surface area contributed by atoms with Crippen LogP contribution in [0.1, 0.15) is 41.0 Å². The lowest BCUT2D eigenvalue weighted by molar-refractivity contribution is -0.164. The molecule has 1 unspecified atom stereocenters. The van der Waals surface area contributed by atoms with Gasteiger partial charge in [0.2, 0.25) is 6.29 Å². The first-order valence-corrected chi connectivity index (χ1v) is 4.85. The van der Waals surface area contributed by atoms with E-state index >= 15 is 0 Å². The van der Waals surface area contributed by atoms with E-state index in [9.17, 15) is 4.79 Å². The zero-order chi connectivity index (χ0) is 10.9. The first-order valence-electron chi connectivity index (χ1n) is 4.85. The van der Waals surface area contributed by atoms with Crippen molar-refractivity contribution in [1.82, 2.24) is 0 Å². The summed E-state index contributed by atoms with van der Waals surface area (Å²) in [5.74, 6) is 0.772. The number of allylic oxidation sites excluding steroid dienone is 1. The van der Waals surface area contributed by atoms with Crippen molar-refractivity contribution in [3.8, 4) is 0 Å². The van der Waals surface area contributed by atoms with Crippen LogP contribution in [0.4, 0.5) is 0 Å². The number of hydrogen-bond acceptors (Lipinski definition) is 3. The van der Waals surface area contributed by atoms with Gasteiger partial charge in [0.1, 0.15) is 5.76 Å². The van der Waals surface area contributed by atoms with Crippen LogP contribution in [-0.4, -0.2) is 17.7 Å². The SMILES string of the molecule is CC(=O)C1=C(C)OC(OC(C)(C)C)C1. The minimum atomic E-state index is -0.297. The number of carbonyl (C=O) groups excluding carboxylic acids is 1. The summed E-state index contributed by atoms with van der Waals surface area (Å²) >= 11 is 0. The first kappa shape index (κ1) is 11.2. The van der Waals surface area contributed by atoms with Crippen molar-refractivity contribution in [1.29, 1.82) is 0 Å². The van der Waals surface area contributed by atoms with Gasteiger partial charge in [0.15, 0.2) is 5.78 Å². The Morgan fingerprint density at radius 3 is 2.43 bits per heavy atom. The number of hydrogen-bond donors (Lipinski definition) is 0. The summed E-state index contributed by atoms with van der Waals surface area (Å²) in [6.45, 7) is 9.27. The van der Waals surface area contributed by atoms with Crippen LogP contribution in [0.15, 0.2) is 11.3 Å². The Balaban J connectivity index is 2.58. The predicted molar refractivity (Wildman–Crippen MR) is 53.7 cm³/mol. The van der Waals surface area contributed by atoms with Gasteiger partial charge in [0, 0.05) is 12.0 Å². The Hall–Kier alpha value is -0.830. The van der Waals surface area contributed by atoms with Gasteiger partial charge in [0.25, 0.3) is 0 Å². The lowest BCUT2D eigenvalue weighted by Crippen LogP contribution is -2.27. The monoisotopic (exact) mass is 198 g/mol. The Kier molecular flexibility index (Phi) is 3.00. The molecule has 0 aromatic rings. The van der Waals surface area contributed by atoms with Gasteiger partial charge in [-0.1, -0.05) is 0 Å². The van der Waals surface area contributed by atoms with Crippen LogP contribution in [0.3, 0.4) is 0 Å². The van der Waals surface area contributed by atoms with Gasteiger partial charge in [-0.2, -0.15) is 0 Å². The minimum Gasteiger partial charge on any atom is -0.469 e. The molecular weight excluding hydrogens is 180 g/mol. The third-order valence-corrected chi connectivity index (χ3v) is 2.01. The van der Waals surface area contributed by atoms with E-state index in [2.05, 4.69) is 0 Å². The van der Waals surface area contributed by atoms with Crippen LogP contribution in [0.5, 0.6) is 0 Å². The highest BCUT2D eigenvalue weighted by molar-refractivity contribution is 5.94. The Morgan fingerprint density at radius 2 is 2.07 bits per heavy atom. The standard InChI is InChI=1S/C11H18O3/c1-7(12)9-6-10(13-8(9)2)14-11(3,4)5/h10H,6H2,1-5H3. The van der Waals surface area contributed by atoms with Crippen LogP contribution >= 0.6 is 0 Å². The molecule has 3 nitrogen and oxygen atoms in total. The third kappa shape index (κ3) is 2.84. The summed E-state index contributed by atoms with van der Waals surface area (Å²) in [5, 5.41) is 0. The molecule has 0 amide bonds. The molecule has 1 heterocycles. The largest absolute Gasteiger partial charge is 0.469 e. The van der Waals surface area contributed by atoms with E-state index in [1.165, 1.54) is 0 Å². The molecule has 0 spiro atoms. The Bertz CT molecular complexity index is 271. The maximum Gasteiger partial charge on any atom is 0.204 e. The molecule has 0 aliphatic carbocycles. The summed E-state index contributed by atoms with van der Waals surface area (Å²) < 4.78 is 11.1. The zero-order valence-electron chi connectivity index (χ0n) is 9.51. The van der Waals surface area contributed by atoms with E-state index in [4.69, 9.17) is 9.47 Å². The lowest BCUT2D eigenvalue weighted by Gasteiger charge is -2.24. The molecule has 14 heavy (non-hydrogen) atoms. The van der Waals surface area contributed by atoms with E-state index in [1.54, 1.807) is 6.92 Å². The normalized spacial score (nSPS) is 22.5. The van der Waals surface area contributed by atoms with Gasteiger partial charge in [-0.15, -0.1) is 0 Å². The van der Waals surface area contributed by atoms with Gasteiger partial charge in [0.05, 0.1) is 5.60 Å². The highest BCUT2D eigenvalue weighted by atomic mass is 16.7. The molecule has 1 aliphatic heterocycles. The number of rotatable bonds is 2. The van der Waals surface area contributed by atoms with Crippen LogP contribution in [0, 0.1) is 0 Å². The molecule has 1 atom stereocenters. The average Bonchev–Trinajstić information content (AvgIpc) is 2.26. The van der Waals surface area contributed by atoms with E-state index in [-0.39, 0.29) is 17.7 Å². The molecule has 0 bridgehead atoms. The molecule has 1 rings (SSSR count). The van der Waals surface area contributed by atoms with E-state index in [0.29, 0.717) is 12.2 Å². The van der Waals surface area contributed by atoms with Crippen LogP contribution in [-0.2, 0) is 14.3 Å². The van der Waals surface area contributed by atoms with Gasteiger partial charge in [-0.05, 0) is 34.6 Å². The van der Waals surface area contributed by atoms with Gasteiger partial charge in [-0.25, -0.2) is 0 Å². The van der Waals surface area contributed by atoms with Crippen molar-refractivity contribution in [3.63, 3.8) is 0 Å². The molecule has 80 valence electrons. The van der Waals surface area contributed by atoms with Crippen molar-refractivity contribution in [2.75, 3.05) is 0 Å². The maximum atomic E-state index is 11.2. The average molecular weight is 198 g/mol. The second-order valence-electron chi connectivity index (χ2n) is 4.57.